The van der Waals surface area contributed by atoms with Crippen molar-refractivity contribution >= 4 is 17.7 Å². The first-order chi connectivity index (χ1) is 10.7. The zero-order valence-corrected chi connectivity index (χ0v) is 15.5. The van der Waals surface area contributed by atoms with Crippen LogP contribution in [-0.4, -0.2) is 14.8 Å². The molecule has 1 heterocycles. The van der Waals surface area contributed by atoms with Gasteiger partial charge in [0.1, 0.15) is 0 Å². The van der Waals surface area contributed by atoms with Gasteiger partial charge in [-0.2, -0.15) is 0 Å². The van der Waals surface area contributed by atoms with E-state index in [-0.39, 0.29) is 5.41 Å². The summed E-state index contributed by atoms with van der Waals surface area (Å²) in [6, 6.07) is 4.59. The van der Waals surface area contributed by atoms with Crippen molar-refractivity contribution in [2.75, 3.05) is 5.73 Å². The molecule has 0 bridgehead atoms. The number of nitrogens with two attached hydrogens (primary N) is 1. The molecule has 0 unspecified atom stereocenters. The summed E-state index contributed by atoms with van der Waals surface area (Å²) >= 11 is 1.66. The Bertz CT molecular complexity index is 687. The molecule has 2 aromatic rings. The van der Waals surface area contributed by atoms with Crippen LogP contribution in [0.2, 0.25) is 0 Å². The first-order valence-electron chi connectivity index (χ1n) is 7.77. The van der Waals surface area contributed by atoms with Crippen LogP contribution in [0, 0.1) is 13.8 Å². The topological polar surface area (TPSA) is 56.7 Å². The van der Waals surface area contributed by atoms with Gasteiger partial charge in [0.25, 0.3) is 0 Å². The normalized spacial score (nSPS) is 11.7. The van der Waals surface area contributed by atoms with E-state index in [1.807, 2.05) is 4.57 Å². The third kappa shape index (κ3) is 3.96. The predicted molar refractivity (Wildman–Crippen MR) is 98.8 cm³/mol. The minimum absolute atomic E-state index is 0.166. The number of aromatic nitrogens is 3. The van der Waals surface area contributed by atoms with E-state index in [9.17, 15) is 0 Å². The molecule has 0 amide bonds. The fourth-order valence-electron chi connectivity index (χ4n) is 2.50. The molecule has 2 N–H and O–H groups in total. The zero-order chi connectivity index (χ0) is 17.2. The van der Waals surface area contributed by atoms with Crippen LogP contribution in [0.1, 0.15) is 43.0 Å². The molecule has 0 radical (unpaired) electrons. The lowest BCUT2D eigenvalue weighted by molar-refractivity contribution is 0.589. The third-order valence-electron chi connectivity index (χ3n) is 3.96. The highest BCUT2D eigenvalue weighted by molar-refractivity contribution is 7.98. The van der Waals surface area contributed by atoms with Crippen molar-refractivity contribution in [1.29, 1.82) is 0 Å². The smallest absolute Gasteiger partial charge is 0.222 e. The van der Waals surface area contributed by atoms with Gasteiger partial charge in [0.05, 0.1) is 0 Å². The maximum absolute atomic E-state index is 5.85. The quantitative estimate of drug-likeness (QED) is 0.657. The Hall–Kier alpha value is -1.75. The molecule has 0 aliphatic heterocycles. The highest BCUT2D eigenvalue weighted by atomic mass is 32.2. The van der Waals surface area contributed by atoms with Crippen molar-refractivity contribution in [3.8, 4) is 0 Å². The van der Waals surface area contributed by atoms with Gasteiger partial charge in [-0.3, -0.25) is 4.57 Å². The molecule has 0 saturated carbocycles. The number of nitrogen functional groups attached to an aromatic ring is 1. The number of allylic oxidation sites excluding steroid dienone is 1. The largest absolute Gasteiger partial charge is 0.368 e. The number of benzene rings is 1. The summed E-state index contributed by atoms with van der Waals surface area (Å²) in [4.78, 5) is 0. The van der Waals surface area contributed by atoms with E-state index >= 15 is 0 Å². The van der Waals surface area contributed by atoms with Gasteiger partial charge in [0.2, 0.25) is 5.95 Å². The first kappa shape index (κ1) is 17.6. The van der Waals surface area contributed by atoms with E-state index < -0.39 is 0 Å². The molecule has 4 nitrogen and oxygen atoms in total. The van der Waals surface area contributed by atoms with Crippen molar-refractivity contribution in [1.82, 2.24) is 14.8 Å². The Morgan fingerprint density at radius 1 is 1.22 bits per heavy atom. The highest BCUT2D eigenvalue weighted by Gasteiger charge is 2.17. The molecular weight excluding hydrogens is 304 g/mol. The summed E-state index contributed by atoms with van der Waals surface area (Å²) in [6.45, 7) is 15.5. The number of thioether (sulfide) groups is 1. The van der Waals surface area contributed by atoms with E-state index in [1.165, 1.54) is 22.3 Å². The fraction of sp³-hybridized carbons (Fsp3) is 0.444. The van der Waals surface area contributed by atoms with Gasteiger partial charge in [-0.1, -0.05) is 50.7 Å². The number of hydrogen-bond acceptors (Lipinski definition) is 4. The molecule has 0 saturated heterocycles. The molecule has 0 fully saturated rings. The lowest BCUT2D eigenvalue weighted by Crippen LogP contribution is -2.12. The van der Waals surface area contributed by atoms with E-state index in [1.54, 1.807) is 17.8 Å². The van der Waals surface area contributed by atoms with Gasteiger partial charge in [0, 0.05) is 12.3 Å². The molecular formula is C18H26N4S. The maximum atomic E-state index is 5.85. The van der Waals surface area contributed by atoms with Gasteiger partial charge in [-0.15, -0.1) is 16.8 Å². The van der Waals surface area contributed by atoms with E-state index in [4.69, 9.17) is 5.73 Å². The maximum Gasteiger partial charge on any atom is 0.222 e. The van der Waals surface area contributed by atoms with E-state index in [0.717, 1.165) is 10.9 Å². The summed E-state index contributed by atoms with van der Waals surface area (Å²) in [7, 11) is 0. The predicted octanol–water partition coefficient (Wildman–Crippen LogP) is 4.25. The van der Waals surface area contributed by atoms with Gasteiger partial charge in [-0.05, 0) is 41.5 Å². The number of rotatable bonds is 5. The zero-order valence-electron chi connectivity index (χ0n) is 14.7. The van der Waals surface area contributed by atoms with Crippen molar-refractivity contribution in [2.24, 2.45) is 0 Å². The summed E-state index contributed by atoms with van der Waals surface area (Å²) in [5.41, 5.74) is 11.4. The molecule has 0 aliphatic carbocycles. The van der Waals surface area contributed by atoms with Crippen LogP contribution < -0.4 is 5.73 Å². The molecule has 0 aliphatic rings. The molecule has 5 heteroatoms. The Labute approximate surface area is 143 Å². The van der Waals surface area contributed by atoms with E-state index in [0.29, 0.717) is 12.5 Å². The van der Waals surface area contributed by atoms with Gasteiger partial charge < -0.3 is 5.73 Å². The fourth-order valence-corrected chi connectivity index (χ4v) is 3.65. The number of hydrogen-bond donors (Lipinski definition) is 1. The minimum atomic E-state index is 0.166. The summed E-state index contributed by atoms with van der Waals surface area (Å²) in [5.74, 6) is 1.29. The van der Waals surface area contributed by atoms with Crippen LogP contribution in [0.15, 0.2) is 29.9 Å². The molecule has 1 aromatic heterocycles. The summed E-state index contributed by atoms with van der Waals surface area (Å²) in [6.07, 6.45) is 1.80. The number of anilines is 1. The molecule has 1 aromatic carbocycles. The Kier molecular flexibility index (Phi) is 5.19. The minimum Gasteiger partial charge on any atom is -0.368 e. The van der Waals surface area contributed by atoms with Crippen molar-refractivity contribution in [3.63, 3.8) is 0 Å². The second kappa shape index (κ2) is 6.79. The SMILES string of the molecule is C=CCn1c(N)nnc1SCc1c(C)cc(C(C)(C)C)cc1C. The molecule has 124 valence electrons. The average Bonchev–Trinajstić information content (AvgIpc) is 2.78. The monoisotopic (exact) mass is 330 g/mol. The molecule has 0 atom stereocenters. The van der Waals surface area contributed by atoms with Gasteiger partial charge >= 0.3 is 0 Å². The Morgan fingerprint density at radius 3 is 2.35 bits per heavy atom. The molecule has 23 heavy (non-hydrogen) atoms. The lowest BCUT2D eigenvalue weighted by atomic mass is 9.84. The second-order valence-corrected chi connectivity index (χ2v) is 7.81. The van der Waals surface area contributed by atoms with Gasteiger partial charge in [-0.25, -0.2) is 0 Å². The number of nitrogens with zero attached hydrogens (tertiary/aromatic N) is 3. The Morgan fingerprint density at radius 2 is 1.83 bits per heavy atom. The summed E-state index contributed by atoms with van der Waals surface area (Å²) in [5, 5.41) is 8.96. The van der Waals surface area contributed by atoms with Crippen LogP contribution in [0.5, 0.6) is 0 Å². The van der Waals surface area contributed by atoms with Crippen LogP contribution in [0.4, 0.5) is 5.95 Å². The van der Waals surface area contributed by atoms with Crippen LogP contribution >= 0.6 is 11.8 Å². The Balaban J connectivity index is 2.23. The van der Waals surface area contributed by atoms with Crippen LogP contribution in [0.25, 0.3) is 0 Å². The average molecular weight is 331 g/mol. The van der Waals surface area contributed by atoms with Crippen molar-refractivity contribution in [2.45, 2.75) is 57.5 Å². The van der Waals surface area contributed by atoms with E-state index in [2.05, 4.69) is 63.5 Å². The molecule has 0 spiro atoms. The van der Waals surface area contributed by atoms with Crippen molar-refractivity contribution in [3.05, 3.63) is 47.0 Å². The van der Waals surface area contributed by atoms with Gasteiger partial charge in [0.15, 0.2) is 5.16 Å². The third-order valence-corrected chi connectivity index (χ3v) is 4.96. The molecule has 2 rings (SSSR count). The van der Waals surface area contributed by atoms with Crippen LogP contribution in [-0.2, 0) is 17.7 Å². The number of aryl methyl sites for hydroxylation is 2. The first-order valence-corrected chi connectivity index (χ1v) is 8.75. The highest BCUT2D eigenvalue weighted by Crippen LogP contribution is 2.30. The summed E-state index contributed by atoms with van der Waals surface area (Å²) < 4.78 is 1.88. The van der Waals surface area contributed by atoms with Crippen LogP contribution in [0.3, 0.4) is 0 Å². The van der Waals surface area contributed by atoms with Crippen molar-refractivity contribution < 1.29 is 0 Å². The lowest BCUT2D eigenvalue weighted by Gasteiger charge is -2.22. The standard InChI is InChI=1S/C18H26N4S/c1-7-8-22-16(19)20-21-17(22)23-11-15-12(2)9-14(10-13(15)3)18(4,5)6/h7,9-10H,1,8,11H2,2-6H3,(H2,19,20). The second-order valence-electron chi connectivity index (χ2n) is 6.87.